The summed E-state index contributed by atoms with van der Waals surface area (Å²) in [5, 5.41) is 21.7. The molecular weight excluding hydrogens is 332 g/mol. The van der Waals surface area contributed by atoms with Gasteiger partial charge in [0.15, 0.2) is 5.13 Å². The number of amides is 1. The molecule has 3 heterocycles. The third-order valence-corrected chi connectivity index (χ3v) is 3.93. The molecule has 0 aromatic carbocycles. The number of anilines is 1. The van der Waals surface area contributed by atoms with Gasteiger partial charge < -0.3 is 5.11 Å². The number of carboxylic acid groups (broad SMARTS) is 1. The standard InChI is InChI=1S/C14H14N6O3S/c1-2-19-5-9(3-15-19)11-8-24-14(17-11)18-13(23)10-4-16-20(6-10)7-12(21)22/h3-6,8H,2,7H2,1H3,(H,21,22)(H,17,18,23). The molecule has 9 nitrogen and oxygen atoms in total. The first-order valence-electron chi connectivity index (χ1n) is 7.09. The number of nitrogens with zero attached hydrogens (tertiary/aromatic N) is 5. The van der Waals surface area contributed by atoms with Crippen molar-refractivity contribution in [2.75, 3.05) is 5.32 Å². The summed E-state index contributed by atoms with van der Waals surface area (Å²) in [6.07, 6.45) is 6.30. The molecule has 0 bridgehead atoms. The van der Waals surface area contributed by atoms with Gasteiger partial charge in [-0.3, -0.25) is 24.3 Å². The highest BCUT2D eigenvalue weighted by Gasteiger charge is 2.13. The number of aromatic nitrogens is 5. The van der Waals surface area contributed by atoms with Crippen LogP contribution in [0.3, 0.4) is 0 Å². The number of aryl methyl sites for hydroxylation is 1. The van der Waals surface area contributed by atoms with E-state index in [0.717, 1.165) is 17.8 Å². The van der Waals surface area contributed by atoms with E-state index in [9.17, 15) is 9.59 Å². The lowest BCUT2D eigenvalue weighted by molar-refractivity contribution is -0.137. The molecule has 2 N–H and O–H groups in total. The Morgan fingerprint density at radius 3 is 2.75 bits per heavy atom. The molecule has 124 valence electrons. The monoisotopic (exact) mass is 346 g/mol. The van der Waals surface area contributed by atoms with E-state index in [1.54, 1.807) is 10.9 Å². The van der Waals surface area contributed by atoms with Gasteiger partial charge in [-0.25, -0.2) is 4.98 Å². The van der Waals surface area contributed by atoms with E-state index in [2.05, 4.69) is 20.5 Å². The molecule has 0 atom stereocenters. The fraction of sp³-hybridized carbons (Fsp3) is 0.214. The van der Waals surface area contributed by atoms with Crippen molar-refractivity contribution < 1.29 is 14.7 Å². The number of carbonyl (C=O) groups excluding carboxylic acids is 1. The Labute approximate surface area is 140 Å². The van der Waals surface area contributed by atoms with E-state index in [1.165, 1.54) is 28.4 Å². The van der Waals surface area contributed by atoms with Crippen LogP contribution < -0.4 is 5.32 Å². The minimum Gasteiger partial charge on any atom is -0.480 e. The first-order chi connectivity index (χ1) is 11.5. The maximum atomic E-state index is 12.1. The highest BCUT2D eigenvalue weighted by Crippen LogP contribution is 2.24. The Balaban J connectivity index is 1.68. The predicted octanol–water partition coefficient (Wildman–Crippen LogP) is 1.56. The normalized spacial score (nSPS) is 10.7. The minimum absolute atomic E-state index is 0.270. The number of rotatable bonds is 6. The van der Waals surface area contributed by atoms with Crippen molar-refractivity contribution >= 4 is 28.3 Å². The van der Waals surface area contributed by atoms with E-state index < -0.39 is 11.9 Å². The quantitative estimate of drug-likeness (QED) is 0.700. The molecule has 0 spiro atoms. The van der Waals surface area contributed by atoms with E-state index in [4.69, 9.17) is 5.11 Å². The van der Waals surface area contributed by atoms with Gasteiger partial charge in [-0.05, 0) is 6.92 Å². The highest BCUT2D eigenvalue weighted by atomic mass is 32.1. The number of hydrogen-bond donors (Lipinski definition) is 2. The van der Waals surface area contributed by atoms with Crippen molar-refractivity contribution in [2.24, 2.45) is 0 Å². The summed E-state index contributed by atoms with van der Waals surface area (Å²) in [6, 6.07) is 0. The third kappa shape index (κ3) is 3.49. The van der Waals surface area contributed by atoms with Crippen molar-refractivity contribution in [1.29, 1.82) is 0 Å². The van der Waals surface area contributed by atoms with Gasteiger partial charge in [0, 0.05) is 29.9 Å². The molecule has 0 aliphatic heterocycles. The molecule has 0 radical (unpaired) electrons. The lowest BCUT2D eigenvalue weighted by Crippen LogP contribution is -2.12. The highest BCUT2D eigenvalue weighted by molar-refractivity contribution is 7.14. The third-order valence-electron chi connectivity index (χ3n) is 3.17. The van der Waals surface area contributed by atoms with Crippen LogP contribution >= 0.6 is 11.3 Å². The fourth-order valence-corrected chi connectivity index (χ4v) is 2.72. The minimum atomic E-state index is -1.03. The van der Waals surface area contributed by atoms with Gasteiger partial charge in [-0.2, -0.15) is 10.2 Å². The van der Waals surface area contributed by atoms with Crippen molar-refractivity contribution in [3.63, 3.8) is 0 Å². The molecule has 0 saturated carbocycles. The summed E-state index contributed by atoms with van der Waals surface area (Å²) in [5.74, 6) is -1.42. The Morgan fingerprint density at radius 2 is 2.04 bits per heavy atom. The van der Waals surface area contributed by atoms with Crippen LogP contribution in [0.25, 0.3) is 11.3 Å². The molecule has 0 aliphatic rings. The van der Waals surface area contributed by atoms with Gasteiger partial charge in [0.2, 0.25) is 0 Å². The summed E-state index contributed by atoms with van der Waals surface area (Å²) < 4.78 is 2.98. The second-order valence-electron chi connectivity index (χ2n) is 4.90. The van der Waals surface area contributed by atoms with Crippen LogP contribution in [-0.4, -0.2) is 41.5 Å². The Hall–Kier alpha value is -3.01. The lowest BCUT2D eigenvalue weighted by Gasteiger charge is -1.98. The number of thiazole rings is 1. The van der Waals surface area contributed by atoms with Crippen LogP contribution in [0.5, 0.6) is 0 Å². The second kappa shape index (κ2) is 6.62. The Kier molecular flexibility index (Phi) is 4.38. The van der Waals surface area contributed by atoms with E-state index in [-0.39, 0.29) is 12.1 Å². The summed E-state index contributed by atoms with van der Waals surface area (Å²) in [7, 11) is 0. The van der Waals surface area contributed by atoms with Crippen molar-refractivity contribution in [1.82, 2.24) is 24.5 Å². The Bertz CT molecular complexity index is 881. The molecule has 0 aliphatic carbocycles. The van der Waals surface area contributed by atoms with Crippen LogP contribution in [0.1, 0.15) is 17.3 Å². The fourth-order valence-electron chi connectivity index (χ4n) is 2.01. The van der Waals surface area contributed by atoms with Crippen LogP contribution in [0, 0.1) is 0 Å². The molecule has 10 heteroatoms. The number of carboxylic acids is 1. The summed E-state index contributed by atoms with van der Waals surface area (Å²) in [6.45, 7) is 2.47. The zero-order valence-corrected chi connectivity index (χ0v) is 13.5. The first kappa shape index (κ1) is 15.9. The van der Waals surface area contributed by atoms with Crippen LogP contribution in [0.4, 0.5) is 5.13 Å². The Morgan fingerprint density at radius 1 is 1.25 bits per heavy atom. The molecule has 0 unspecified atom stereocenters. The van der Waals surface area contributed by atoms with Gasteiger partial charge >= 0.3 is 5.97 Å². The zero-order valence-electron chi connectivity index (χ0n) is 12.7. The van der Waals surface area contributed by atoms with Gasteiger partial charge in [0.1, 0.15) is 6.54 Å². The van der Waals surface area contributed by atoms with Crippen LogP contribution in [0.15, 0.2) is 30.2 Å². The molecule has 3 aromatic heterocycles. The maximum Gasteiger partial charge on any atom is 0.325 e. The zero-order chi connectivity index (χ0) is 17.1. The average Bonchev–Trinajstić information content (AvgIpc) is 3.26. The van der Waals surface area contributed by atoms with E-state index >= 15 is 0 Å². The molecule has 0 saturated heterocycles. The average molecular weight is 346 g/mol. The van der Waals surface area contributed by atoms with Gasteiger partial charge in [0.05, 0.1) is 23.7 Å². The topological polar surface area (TPSA) is 115 Å². The second-order valence-corrected chi connectivity index (χ2v) is 5.76. The smallest absolute Gasteiger partial charge is 0.325 e. The first-order valence-corrected chi connectivity index (χ1v) is 7.97. The molecule has 24 heavy (non-hydrogen) atoms. The summed E-state index contributed by atoms with van der Waals surface area (Å²) >= 11 is 1.30. The maximum absolute atomic E-state index is 12.1. The SMILES string of the molecule is CCn1cc(-c2csc(NC(=O)c3cnn(CC(=O)O)c3)n2)cn1. The molecule has 1 amide bonds. The number of carbonyl (C=O) groups is 2. The number of nitrogens with one attached hydrogen (secondary N) is 1. The van der Waals surface area contributed by atoms with Gasteiger partial charge in [-0.1, -0.05) is 0 Å². The molecular formula is C14H14N6O3S. The van der Waals surface area contributed by atoms with Crippen molar-refractivity contribution in [3.05, 3.63) is 35.7 Å². The summed E-state index contributed by atoms with van der Waals surface area (Å²) in [5.41, 5.74) is 1.88. The number of aliphatic carboxylic acids is 1. The van der Waals surface area contributed by atoms with Crippen molar-refractivity contribution in [2.45, 2.75) is 20.0 Å². The van der Waals surface area contributed by atoms with E-state index in [1.807, 2.05) is 18.5 Å². The van der Waals surface area contributed by atoms with Gasteiger partial charge in [0.25, 0.3) is 5.91 Å². The number of hydrogen-bond acceptors (Lipinski definition) is 6. The van der Waals surface area contributed by atoms with E-state index in [0.29, 0.717) is 5.13 Å². The van der Waals surface area contributed by atoms with Crippen molar-refractivity contribution in [3.8, 4) is 11.3 Å². The largest absolute Gasteiger partial charge is 0.480 e. The molecule has 3 rings (SSSR count). The lowest BCUT2D eigenvalue weighted by atomic mass is 10.3. The van der Waals surface area contributed by atoms with Crippen LogP contribution in [-0.2, 0) is 17.9 Å². The van der Waals surface area contributed by atoms with Crippen LogP contribution in [0.2, 0.25) is 0 Å². The predicted molar refractivity (Wildman–Crippen MR) is 86.8 cm³/mol. The molecule has 3 aromatic rings. The van der Waals surface area contributed by atoms with Gasteiger partial charge in [-0.15, -0.1) is 11.3 Å². The molecule has 0 fully saturated rings. The summed E-state index contributed by atoms with van der Waals surface area (Å²) in [4.78, 5) is 27.1.